The maximum atomic E-state index is 11.4. The molecule has 0 aliphatic rings. The predicted octanol–water partition coefficient (Wildman–Crippen LogP) is 4.05. The highest BCUT2D eigenvalue weighted by Crippen LogP contribution is 2.13. The van der Waals surface area contributed by atoms with E-state index >= 15 is 0 Å². The number of carboxylic acids is 2. The number of carbonyl (C=O) groups excluding carboxylic acids is 1. The van der Waals surface area contributed by atoms with E-state index in [0.29, 0.717) is 6.42 Å². The van der Waals surface area contributed by atoms with Crippen molar-refractivity contribution >= 4 is 17.9 Å². The maximum absolute atomic E-state index is 11.4. The fourth-order valence-electron chi connectivity index (χ4n) is 3.21. The van der Waals surface area contributed by atoms with Gasteiger partial charge in [-0.25, -0.2) is 4.79 Å². The molecule has 0 aromatic heterocycles. The van der Waals surface area contributed by atoms with Crippen LogP contribution in [0.1, 0.15) is 116 Å². The summed E-state index contributed by atoms with van der Waals surface area (Å²) in [5.74, 6) is -3.12. The first-order chi connectivity index (χ1) is 16.2. The molecule has 9 nitrogen and oxygen atoms in total. The highest BCUT2D eigenvalue weighted by atomic mass is 16.5. The van der Waals surface area contributed by atoms with Crippen LogP contribution in [-0.2, 0) is 19.1 Å². The SMILES string of the molecule is CCCCCCCCCCCCCCCCCC(=O)OCC(O)CO.O=C(O)CC(O)C(=O)O. The molecule has 2 unspecified atom stereocenters. The number of ether oxygens (including phenoxy) is 1. The van der Waals surface area contributed by atoms with Crippen molar-refractivity contribution in [3.8, 4) is 0 Å². The molecule has 0 bridgehead atoms. The lowest BCUT2D eigenvalue weighted by molar-refractivity contribution is -0.152. The van der Waals surface area contributed by atoms with Crippen LogP contribution in [0.2, 0.25) is 0 Å². The smallest absolute Gasteiger partial charge is 0.333 e. The second-order valence-corrected chi connectivity index (χ2v) is 8.67. The van der Waals surface area contributed by atoms with Crippen LogP contribution in [0.5, 0.6) is 0 Å². The Kier molecular flexibility index (Phi) is 26.3. The van der Waals surface area contributed by atoms with Crippen molar-refractivity contribution in [1.82, 2.24) is 0 Å². The number of aliphatic hydroxyl groups excluding tert-OH is 3. The zero-order valence-corrected chi connectivity index (χ0v) is 21.0. The van der Waals surface area contributed by atoms with E-state index in [1.807, 2.05) is 0 Å². The van der Waals surface area contributed by atoms with Crippen LogP contribution in [0, 0.1) is 0 Å². The third-order valence-corrected chi connectivity index (χ3v) is 5.28. The van der Waals surface area contributed by atoms with Crippen molar-refractivity contribution in [1.29, 1.82) is 0 Å². The molecule has 0 spiro atoms. The van der Waals surface area contributed by atoms with Crippen molar-refractivity contribution in [2.75, 3.05) is 13.2 Å². The molecule has 0 amide bonds. The molecule has 0 aliphatic carbocycles. The second kappa shape index (κ2) is 25.9. The van der Waals surface area contributed by atoms with Crippen LogP contribution in [0.15, 0.2) is 0 Å². The van der Waals surface area contributed by atoms with Crippen LogP contribution in [0.3, 0.4) is 0 Å². The molecule has 0 aromatic carbocycles. The van der Waals surface area contributed by atoms with E-state index in [2.05, 4.69) is 6.92 Å². The molecular weight excluding hydrogens is 444 g/mol. The van der Waals surface area contributed by atoms with Gasteiger partial charge in [-0.05, 0) is 6.42 Å². The Morgan fingerprint density at radius 3 is 1.44 bits per heavy atom. The molecule has 0 radical (unpaired) electrons. The number of carboxylic acid groups (broad SMARTS) is 2. The average molecular weight is 493 g/mol. The molecule has 0 aromatic rings. The predicted molar refractivity (Wildman–Crippen MR) is 129 cm³/mol. The minimum absolute atomic E-state index is 0.103. The van der Waals surface area contributed by atoms with Crippen LogP contribution in [0.4, 0.5) is 0 Å². The number of esters is 1. The summed E-state index contributed by atoms with van der Waals surface area (Å²) in [4.78, 5) is 30.8. The molecular formula is C25H48O9. The summed E-state index contributed by atoms with van der Waals surface area (Å²) in [5.41, 5.74) is 0. The van der Waals surface area contributed by atoms with Gasteiger partial charge in [0.25, 0.3) is 0 Å². The highest BCUT2D eigenvalue weighted by molar-refractivity contribution is 5.79. The van der Waals surface area contributed by atoms with Crippen LogP contribution in [0.25, 0.3) is 0 Å². The Morgan fingerprint density at radius 2 is 1.12 bits per heavy atom. The van der Waals surface area contributed by atoms with Crippen LogP contribution < -0.4 is 0 Å². The number of carbonyl (C=O) groups is 3. The summed E-state index contributed by atoms with van der Waals surface area (Å²) in [6, 6.07) is 0. The lowest BCUT2D eigenvalue weighted by atomic mass is 10.0. The van der Waals surface area contributed by atoms with E-state index in [1.54, 1.807) is 0 Å². The van der Waals surface area contributed by atoms with E-state index in [9.17, 15) is 14.4 Å². The van der Waals surface area contributed by atoms with Crippen molar-refractivity contribution in [3.63, 3.8) is 0 Å². The summed E-state index contributed by atoms with van der Waals surface area (Å²) in [7, 11) is 0. The third-order valence-electron chi connectivity index (χ3n) is 5.28. The lowest BCUT2D eigenvalue weighted by Gasteiger charge is -2.08. The van der Waals surface area contributed by atoms with Gasteiger partial charge in [0, 0.05) is 6.42 Å². The van der Waals surface area contributed by atoms with Gasteiger partial charge in [-0.3, -0.25) is 9.59 Å². The Morgan fingerprint density at radius 1 is 0.706 bits per heavy atom. The Labute approximate surface area is 204 Å². The van der Waals surface area contributed by atoms with Crippen molar-refractivity contribution < 1.29 is 44.7 Å². The van der Waals surface area contributed by atoms with Crippen LogP contribution in [-0.4, -0.2) is 68.9 Å². The van der Waals surface area contributed by atoms with Crippen molar-refractivity contribution in [2.24, 2.45) is 0 Å². The Hall–Kier alpha value is -1.71. The minimum atomic E-state index is -1.79. The van der Waals surface area contributed by atoms with Gasteiger partial charge in [-0.15, -0.1) is 0 Å². The van der Waals surface area contributed by atoms with Crippen LogP contribution >= 0.6 is 0 Å². The number of hydrogen-bond donors (Lipinski definition) is 5. The molecule has 0 rings (SSSR count). The minimum Gasteiger partial charge on any atom is -0.481 e. The first-order valence-electron chi connectivity index (χ1n) is 12.8. The molecule has 202 valence electrons. The van der Waals surface area contributed by atoms with Gasteiger partial charge in [0.15, 0.2) is 6.10 Å². The van der Waals surface area contributed by atoms with Gasteiger partial charge in [-0.1, -0.05) is 96.8 Å². The fourth-order valence-corrected chi connectivity index (χ4v) is 3.21. The molecule has 5 N–H and O–H groups in total. The maximum Gasteiger partial charge on any atom is 0.333 e. The van der Waals surface area contributed by atoms with Gasteiger partial charge >= 0.3 is 17.9 Å². The molecule has 9 heteroatoms. The molecule has 2 atom stereocenters. The molecule has 0 fully saturated rings. The zero-order valence-electron chi connectivity index (χ0n) is 21.0. The van der Waals surface area contributed by atoms with Gasteiger partial charge in [0.05, 0.1) is 13.0 Å². The zero-order chi connectivity index (χ0) is 26.0. The topological polar surface area (TPSA) is 162 Å². The monoisotopic (exact) mass is 492 g/mol. The first-order valence-corrected chi connectivity index (χ1v) is 12.8. The molecule has 34 heavy (non-hydrogen) atoms. The molecule has 0 saturated heterocycles. The fraction of sp³-hybridized carbons (Fsp3) is 0.880. The number of unbranched alkanes of at least 4 members (excludes halogenated alkanes) is 14. The average Bonchev–Trinajstić information content (AvgIpc) is 2.79. The number of rotatable bonds is 22. The Balaban J connectivity index is 0. The van der Waals surface area contributed by atoms with Crippen molar-refractivity contribution in [3.05, 3.63) is 0 Å². The number of aliphatic hydroxyl groups is 3. The van der Waals surface area contributed by atoms with E-state index in [0.717, 1.165) is 12.8 Å². The molecule has 0 aliphatic heterocycles. The summed E-state index contributed by atoms with van der Waals surface area (Å²) < 4.78 is 4.86. The largest absolute Gasteiger partial charge is 0.481 e. The van der Waals surface area contributed by atoms with E-state index < -0.39 is 30.6 Å². The molecule has 0 heterocycles. The standard InChI is InChI=1S/C21H42O4.C4H6O5/c1-2-3-4-5-6-7-8-9-10-11-12-13-14-15-16-17-21(24)25-19-20(23)18-22;5-2(4(8)9)1-3(6)7/h20,22-23H,2-19H2,1H3;2,5H,1H2,(H,6,7)(H,8,9). The van der Waals surface area contributed by atoms with Crippen molar-refractivity contribution in [2.45, 2.75) is 128 Å². The van der Waals surface area contributed by atoms with Gasteiger partial charge in [0.1, 0.15) is 12.7 Å². The summed E-state index contributed by atoms with van der Waals surface area (Å²) in [6.45, 7) is 1.79. The van der Waals surface area contributed by atoms with E-state index in [-0.39, 0.29) is 19.2 Å². The summed E-state index contributed by atoms with van der Waals surface area (Å²) in [5, 5.41) is 41.9. The summed E-state index contributed by atoms with van der Waals surface area (Å²) >= 11 is 0. The van der Waals surface area contributed by atoms with Gasteiger partial charge < -0.3 is 30.3 Å². The van der Waals surface area contributed by atoms with Gasteiger partial charge in [-0.2, -0.15) is 0 Å². The quantitative estimate of drug-likeness (QED) is 0.111. The molecule has 0 saturated carbocycles. The Bertz CT molecular complexity index is 497. The normalized spacial score (nSPS) is 12.4. The summed E-state index contributed by atoms with van der Waals surface area (Å²) in [6.07, 6.45) is 16.5. The first kappa shape index (κ1) is 34.5. The second-order valence-electron chi connectivity index (χ2n) is 8.67. The highest BCUT2D eigenvalue weighted by Gasteiger charge is 2.16. The number of aliphatic carboxylic acids is 2. The third kappa shape index (κ3) is 28.3. The van der Waals surface area contributed by atoms with E-state index in [4.69, 9.17) is 30.3 Å². The van der Waals surface area contributed by atoms with E-state index in [1.165, 1.54) is 83.5 Å². The lowest BCUT2D eigenvalue weighted by Crippen LogP contribution is -2.22. The van der Waals surface area contributed by atoms with Gasteiger partial charge in [0.2, 0.25) is 0 Å². The number of hydrogen-bond acceptors (Lipinski definition) is 7.